The Hall–Kier alpha value is -2.41. The summed E-state index contributed by atoms with van der Waals surface area (Å²) in [5.41, 5.74) is 3.98. The van der Waals surface area contributed by atoms with Crippen LogP contribution in [0.15, 0.2) is 65.3 Å². The number of aromatic amines is 1. The molecule has 4 aromatic rings. The van der Waals surface area contributed by atoms with Crippen molar-refractivity contribution in [3.05, 3.63) is 70.3 Å². The predicted octanol–water partition coefficient (Wildman–Crippen LogP) is 5.31. The van der Waals surface area contributed by atoms with E-state index in [4.69, 9.17) is 9.40 Å². The van der Waals surface area contributed by atoms with Crippen molar-refractivity contribution in [3.63, 3.8) is 0 Å². The molecule has 1 aromatic carbocycles. The summed E-state index contributed by atoms with van der Waals surface area (Å²) in [6.45, 7) is 1.93. The molecule has 118 valence electrons. The van der Waals surface area contributed by atoms with E-state index >= 15 is 0 Å². The molecule has 5 heteroatoms. The number of rotatable bonds is 3. The van der Waals surface area contributed by atoms with E-state index in [0.717, 1.165) is 39.9 Å². The van der Waals surface area contributed by atoms with Crippen LogP contribution in [0.4, 0.5) is 0 Å². The minimum absolute atomic E-state index is 0.726. The summed E-state index contributed by atoms with van der Waals surface area (Å²) >= 11 is 2.32. The van der Waals surface area contributed by atoms with Crippen LogP contribution < -0.4 is 0 Å². The molecular formula is C19H14IN3O. The first-order valence-corrected chi connectivity index (χ1v) is 8.62. The Morgan fingerprint density at radius 3 is 2.54 bits per heavy atom. The number of aryl methyl sites for hydroxylation is 1. The van der Waals surface area contributed by atoms with E-state index in [-0.39, 0.29) is 0 Å². The lowest BCUT2D eigenvalue weighted by atomic mass is 10.1. The molecule has 0 fully saturated rings. The van der Waals surface area contributed by atoms with Crippen LogP contribution in [0.3, 0.4) is 0 Å². The second-order valence-corrected chi connectivity index (χ2v) is 6.71. The molecule has 0 amide bonds. The van der Waals surface area contributed by atoms with Gasteiger partial charge in [0.2, 0.25) is 0 Å². The average Bonchev–Trinajstić information content (AvgIpc) is 3.22. The van der Waals surface area contributed by atoms with Gasteiger partial charge in [0.25, 0.3) is 0 Å². The normalized spacial score (nSPS) is 10.9. The molecule has 3 aromatic heterocycles. The van der Waals surface area contributed by atoms with Crippen LogP contribution in [0.2, 0.25) is 0 Å². The maximum atomic E-state index is 5.73. The molecule has 0 aliphatic rings. The van der Waals surface area contributed by atoms with E-state index in [1.165, 1.54) is 3.57 Å². The number of pyridine rings is 1. The zero-order valence-corrected chi connectivity index (χ0v) is 15.1. The summed E-state index contributed by atoms with van der Waals surface area (Å²) < 4.78 is 6.90. The molecular weight excluding hydrogens is 413 g/mol. The smallest absolute Gasteiger partial charge is 0.174 e. The number of nitrogens with one attached hydrogen (secondary N) is 1. The van der Waals surface area contributed by atoms with Crippen LogP contribution in [0.25, 0.3) is 34.1 Å². The number of H-pyrrole nitrogens is 1. The van der Waals surface area contributed by atoms with Crippen molar-refractivity contribution >= 4 is 22.6 Å². The number of imidazole rings is 1. The fourth-order valence-corrected chi connectivity index (χ4v) is 3.17. The van der Waals surface area contributed by atoms with Gasteiger partial charge in [0, 0.05) is 27.1 Å². The Balaban J connectivity index is 1.92. The molecule has 0 radical (unpaired) electrons. The molecule has 0 saturated carbocycles. The van der Waals surface area contributed by atoms with E-state index in [9.17, 15) is 0 Å². The number of halogens is 1. The van der Waals surface area contributed by atoms with Gasteiger partial charge in [-0.2, -0.15) is 0 Å². The molecule has 0 bridgehead atoms. The monoisotopic (exact) mass is 427 g/mol. The Bertz CT molecular complexity index is 989. The lowest BCUT2D eigenvalue weighted by molar-refractivity contribution is 0.545. The molecule has 0 aliphatic heterocycles. The molecule has 0 aliphatic carbocycles. The topological polar surface area (TPSA) is 54.7 Å². The van der Waals surface area contributed by atoms with E-state index < -0.39 is 0 Å². The zero-order chi connectivity index (χ0) is 16.5. The number of nitrogens with zero attached hydrogens (tertiary/aromatic N) is 2. The van der Waals surface area contributed by atoms with Gasteiger partial charge >= 0.3 is 0 Å². The summed E-state index contributed by atoms with van der Waals surface area (Å²) in [4.78, 5) is 12.3. The van der Waals surface area contributed by atoms with Gasteiger partial charge in [-0.25, -0.2) is 4.98 Å². The Labute approximate surface area is 153 Å². The largest absolute Gasteiger partial charge is 0.458 e. The van der Waals surface area contributed by atoms with Crippen molar-refractivity contribution < 1.29 is 4.42 Å². The second kappa shape index (κ2) is 6.24. The highest BCUT2D eigenvalue weighted by molar-refractivity contribution is 14.1. The Morgan fingerprint density at radius 1 is 1.00 bits per heavy atom. The number of benzene rings is 1. The van der Waals surface area contributed by atoms with Crippen molar-refractivity contribution in [2.75, 3.05) is 0 Å². The molecule has 4 rings (SSSR count). The summed E-state index contributed by atoms with van der Waals surface area (Å²) in [7, 11) is 0. The minimum Gasteiger partial charge on any atom is -0.458 e. The third kappa shape index (κ3) is 2.87. The summed E-state index contributed by atoms with van der Waals surface area (Å²) in [5.74, 6) is 2.33. The molecule has 0 saturated heterocycles. The van der Waals surface area contributed by atoms with Gasteiger partial charge < -0.3 is 9.40 Å². The first-order chi connectivity index (χ1) is 11.7. The average molecular weight is 427 g/mol. The fourth-order valence-electron chi connectivity index (χ4n) is 2.62. The van der Waals surface area contributed by atoms with E-state index in [1.807, 2.05) is 37.3 Å². The third-order valence-electron chi connectivity index (χ3n) is 3.74. The number of aromatic nitrogens is 3. The second-order valence-electron chi connectivity index (χ2n) is 5.47. The first-order valence-electron chi connectivity index (χ1n) is 7.54. The zero-order valence-electron chi connectivity index (χ0n) is 13.0. The number of furan rings is 1. The highest BCUT2D eigenvalue weighted by Crippen LogP contribution is 2.33. The Kier molecular flexibility index (Phi) is 3.93. The van der Waals surface area contributed by atoms with Gasteiger partial charge in [-0.15, -0.1) is 0 Å². The van der Waals surface area contributed by atoms with Gasteiger partial charge in [-0.1, -0.05) is 12.1 Å². The van der Waals surface area contributed by atoms with Crippen molar-refractivity contribution in [3.8, 4) is 34.1 Å². The van der Waals surface area contributed by atoms with Crippen LogP contribution in [-0.4, -0.2) is 15.0 Å². The standard InChI is InChI=1S/C19H14IN3O/c1-12-5-6-16(24-12)19-22-17(13-7-9-21-10-8-13)18(23-19)14-3-2-4-15(20)11-14/h2-11H,1H3,(H,22,23). The third-order valence-corrected chi connectivity index (χ3v) is 4.42. The Morgan fingerprint density at radius 2 is 1.83 bits per heavy atom. The van der Waals surface area contributed by atoms with Crippen LogP contribution in [0.5, 0.6) is 0 Å². The van der Waals surface area contributed by atoms with E-state index in [2.05, 4.69) is 50.8 Å². The fraction of sp³-hybridized carbons (Fsp3) is 0.0526. The van der Waals surface area contributed by atoms with Crippen LogP contribution in [-0.2, 0) is 0 Å². The summed E-state index contributed by atoms with van der Waals surface area (Å²) in [6.07, 6.45) is 3.55. The lowest BCUT2D eigenvalue weighted by Gasteiger charge is -2.03. The molecule has 3 heterocycles. The van der Waals surface area contributed by atoms with Gasteiger partial charge in [-0.05, 0) is 65.9 Å². The molecule has 24 heavy (non-hydrogen) atoms. The highest BCUT2D eigenvalue weighted by atomic mass is 127. The van der Waals surface area contributed by atoms with Gasteiger partial charge in [0.1, 0.15) is 5.76 Å². The quantitative estimate of drug-likeness (QED) is 0.451. The molecule has 0 atom stereocenters. The van der Waals surface area contributed by atoms with Gasteiger partial charge in [-0.3, -0.25) is 4.98 Å². The maximum Gasteiger partial charge on any atom is 0.174 e. The minimum atomic E-state index is 0.726. The van der Waals surface area contributed by atoms with E-state index in [0.29, 0.717) is 0 Å². The van der Waals surface area contributed by atoms with Crippen molar-refractivity contribution in [2.45, 2.75) is 6.92 Å². The number of hydrogen-bond acceptors (Lipinski definition) is 3. The molecule has 0 spiro atoms. The van der Waals surface area contributed by atoms with Crippen molar-refractivity contribution in [1.82, 2.24) is 15.0 Å². The van der Waals surface area contributed by atoms with Crippen LogP contribution in [0.1, 0.15) is 5.76 Å². The van der Waals surface area contributed by atoms with Gasteiger partial charge in [0.15, 0.2) is 11.6 Å². The number of hydrogen-bond donors (Lipinski definition) is 1. The van der Waals surface area contributed by atoms with Crippen LogP contribution >= 0.6 is 22.6 Å². The molecule has 4 nitrogen and oxygen atoms in total. The molecule has 1 N–H and O–H groups in total. The highest BCUT2D eigenvalue weighted by Gasteiger charge is 2.17. The van der Waals surface area contributed by atoms with Gasteiger partial charge in [0.05, 0.1) is 11.4 Å². The van der Waals surface area contributed by atoms with E-state index in [1.54, 1.807) is 12.4 Å². The van der Waals surface area contributed by atoms with Crippen molar-refractivity contribution in [1.29, 1.82) is 0 Å². The van der Waals surface area contributed by atoms with Crippen LogP contribution in [0, 0.1) is 10.5 Å². The maximum absolute atomic E-state index is 5.73. The lowest BCUT2D eigenvalue weighted by Crippen LogP contribution is -1.85. The first kappa shape index (κ1) is 15.1. The molecule has 0 unspecified atom stereocenters. The predicted molar refractivity (Wildman–Crippen MR) is 102 cm³/mol. The van der Waals surface area contributed by atoms with Crippen molar-refractivity contribution in [2.24, 2.45) is 0 Å². The summed E-state index contributed by atoms with van der Waals surface area (Å²) in [6, 6.07) is 16.1. The SMILES string of the molecule is Cc1ccc(-c2nc(-c3ccncc3)c(-c3cccc(I)c3)[nH]2)o1. The summed E-state index contributed by atoms with van der Waals surface area (Å²) in [5, 5.41) is 0.